The molecule has 1 saturated heterocycles. The molecule has 0 radical (unpaired) electrons. The number of thiazole rings is 1. The molecule has 0 bridgehead atoms. The highest BCUT2D eigenvalue weighted by molar-refractivity contribution is 7.85. The van der Waals surface area contributed by atoms with Crippen LogP contribution in [0.3, 0.4) is 0 Å². The van der Waals surface area contributed by atoms with Gasteiger partial charge in [-0.15, -0.1) is 11.3 Å². The Labute approximate surface area is 266 Å². The third kappa shape index (κ3) is 10.0. The number of hydrogen-bond donors (Lipinski definition) is 0. The van der Waals surface area contributed by atoms with Crippen molar-refractivity contribution in [2.45, 2.75) is 13.2 Å². The molecule has 0 saturated carbocycles. The minimum Gasteiger partial charge on any atom is -0.486 e. The summed E-state index contributed by atoms with van der Waals surface area (Å²) in [4.78, 5) is 20.8. The van der Waals surface area contributed by atoms with Gasteiger partial charge < -0.3 is 14.2 Å². The van der Waals surface area contributed by atoms with E-state index in [0.717, 1.165) is 53.0 Å². The van der Waals surface area contributed by atoms with E-state index in [1.165, 1.54) is 17.3 Å². The van der Waals surface area contributed by atoms with Crippen molar-refractivity contribution >= 4 is 28.1 Å². The molecule has 2 aliphatic heterocycles. The molecule has 1 aromatic carbocycles. The van der Waals surface area contributed by atoms with Crippen molar-refractivity contribution in [3.63, 3.8) is 0 Å². The fourth-order valence-electron chi connectivity index (χ4n) is 4.05. The third-order valence-corrected chi connectivity index (χ3v) is 8.19. The standard InChI is InChI=1S/C23H22N4O4S2.C11H2O/c24-12-19-18(16-1-2-20-21(11-16)30-8-7-29-20)3-4-25-23(19)31-14-22-26-17(15-32-22)13-27-5-9-33(28)10-6-27;1-2-3-4-5-6-7-8-9-10-11-12/h1-4,11,15H,5-10,13-14H2;1H2. The first-order valence-electron chi connectivity index (χ1n) is 13.4. The number of carbonyl (C=O) groups excluding carboxylic acids is 1. The predicted molar refractivity (Wildman–Crippen MR) is 168 cm³/mol. The monoisotopic (exact) mass is 632 g/mol. The van der Waals surface area contributed by atoms with Gasteiger partial charge in [0, 0.05) is 82.0 Å². The molecule has 0 aliphatic carbocycles. The quantitative estimate of drug-likeness (QED) is 0.288. The van der Waals surface area contributed by atoms with Crippen LogP contribution >= 0.6 is 11.3 Å². The smallest absolute Gasteiger partial charge is 0.232 e. The van der Waals surface area contributed by atoms with Crippen molar-refractivity contribution in [1.82, 2.24) is 14.9 Å². The molecule has 0 spiro atoms. The van der Waals surface area contributed by atoms with Crippen molar-refractivity contribution in [3.05, 3.63) is 110 Å². The lowest BCUT2D eigenvalue weighted by Gasteiger charge is -2.25. The Bertz CT molecular complexity index is 1940. The van der Waals surface area contributed by atoms with Gasteiger partial charge in [-0.3, -0.25) is 9.11 Å². The average Bonchev–Trinajstić information content (AvgIpc) is 3.53. The minimum atomic E-state index is -0.684. The highest BCUT2D eigenvalue weighted by Gasteiger charge is 2.19. The molecule has 3 aromatic rings. The highest BCUT2D eigenvalue weighted by Crippen LogP contribution is 2.37. The van der Waals surface area contributed by atoms with Crippen LogP contribution in [0.15, 0.2) is 94.0 Å². The number of nitriles is 1. The molecule has 222 valence electrons. The van der Waals surface area contributed by atoms with Crippen molar-refractivity contribution in [1.29, 1.82) is 5.26 Å². The molecule has 11 heteroatoms. The molecule has 1 fully saturated rings. The molecule has 2 aromatic heterocycles. The predicted octanol–water partition coefficient (Wildman–Crippen LogP) is 4.39. The number of hydrogen-bond acceptors (Lipinski definition) is 10. The van der Waals surface area contributed by atoms with Crippen LogP contribution in [-0.4, -0.2) is 62.8 Å². The Morgan fingerprint density at radius 3 is 2.42 bits per heavy atom. The highest BCUT2D eigenvalue weighted by atomic mass is 32.2. The topological polar surface area (TPSA) is 115 Å². The lowest BCUT2D eigenvalue weighted by atomic mass is 10.0. The molecule has 5 rings (SSSR count). The maximum Gasteiger partial charge on any atom is 0.232 e. The zero-order valence-electron chi connectivity index (χ0n) is 24.0. The van der Waals surface area contributed by atoms with Crippen LogP contribution in [0.1, 0.15) is 16.3 Å². The number of aromatic nitrogens is 2. The average molecular weight is 633 g/mol. The zero-order valence-corrected chi connectivity index (χ0v) is 25.6. The van der Waals surface area contributed by atoms with Gasteiger partial charge in [0.05, 0.1) is 5.69 Å². The molecular weight excluding hydrogens is 609 g/mol. The van der Waals surface area contributed by atoms with E-state index in [2.05, 4.69) is 73.4 Å². The molecule has 0 unspecified atom stereocenters. The third-order valence-electron chi connectivity index (χ3n) is 6.05. The van der Waals surface area contributed by atoms with Gasteiger partial charge in [0.2, 0.25) is 5.88 Å². The summed E-state index contributed by atoms with van der Waals surface area (Å²) >= 11 is 1.52. The van der Waals surface area contributed by atoms with Crippen LogP contribution in [-0.2, 0) is 28.7 Å². The molecular formula is C34H24N4O5S2. The Morgan fingerprint density at radius 2 is 1.71 bits per heavy atom. The molecule has 0 atom stereocenters. The number of ether oxygens (including phenoxy) is 3. The second kappa shape index (κ2) is 17.6. The zero-order chi connectivity index (χ0) is 31.7. The van der Waals surface area contributed by atoms with Gasteiger partial charge >= 0.3 is 0 Å². The fourth-order valence-corrected chi connectivity index (χ4v) is 5.87. The molecule has 45 heavy (non-hydrogen) atoms. The van der Waals surface area contributed by atoms with Crippen LogP contribution < -0.4 is 14.2 Å². The maximum atomic E-state index is 11.5. The Hall–Kier alpha value is -5.53. The van der Waals surface area contributed by atoms with E-state index >= 15 is 0 Å². The SMILES string of the molecule is C=C=C=C=C=C=C=C=C=C=C=O.N#Cc1c(-c2ccc3c(c2)OCCO3)ccnc1OCc1nc(CN2CCS(=O)CC2)cs1. The summed E-state index contributed by atoms with van der Waals surface area (Å²) < 4.78 is 28.7. The normalized spacial score (nSPS) is 13.0. The Morgan fingerprint density at radius 1 is 1.00 bits per heavy atom. The van der Waals surface area contributed by atoms with Crippen molar-refractivity contribution in [2.75, 3.05) is 37.8 Å². The lowest BCUT2D eigenvalue weighted by molar-refractivity contribution is 0.171. The molecule has 2 aliphatic rings. The van der Waals surface area contributed by atoms with Gasteiger partial charge in [-0.1, -0.05) is 11.8 Å². The van der Waals surface area contributed by atoms with Gasteiger partial charge in [-0.2, -0.15) is 5.26 Å². The van der Waals surface area contributed by atoms with Gasteiger partial charge in [0.15, 0.2) is 17.4 Å². The first kappa shape index (κ1) is 32.4. The first-order chi connectivity index (χ1) is 22.1. The van der Waals surface area contributed by atoms with Crippen molar-refractivity contribution < 1.29 is 23.2 Å². The van der Waals surface area contributed by atoms with Gasteiger partial charge in [0.1, 0.15) is 36.5 Å². The summed E-state index contributed by atoms with van der Waals surface area (Å²) in [6.45, 7) is 6.92. The second-order valence-electron chi connectivity index (χ2n) is 8.93. The van der Waals surface area contributed by atoms with Gasteiger partial charge in [-0.25, -0.2) is 14.8 Å². The number of rotatable bonds is 6. The maximum absolute atomic E-state index is 11.5. The minimum absolute atomic E-state index is 0.237. The van der Waals surface area contributed by atoms with E-state index in [-0.39, 0.29) is 12.5 Å². The van der Waals surface area contributed by atoms with Crippen LogP contribution in [0.2, 0.25) is 0 Å². The number of benzene rings is 1. The molecule has 0 amide bonds. The lowest BCUT2D eigenvalue weighted by Crippen LogP contribution is -2.37. The van der Waals surface area contributed by atoms with E-state index in [9.17, 15) is 14.3 Å². The summed E-state index contributed by atoms with van der Waals surface area (Å²) in [5, 5.41) is 12.7. The van der Waals surface area contributed by atoms with Crippen LogP contribution in [0, 0.1) is 11.3 Å². The summed E-state index contributed by atoms with van der Waals surface area (Å²) in [6, 6.07) is 9.65. The van der Waals surface area contributed by atoms with Crippen LogP contribution in [0.4, 0.5) is 0 Å². The van der Waals surface area contributed by atoms with E-state index in [1.807, 2.05) is 29.3 Å². The summed E-state index contributed by atoms with van der Waals surface area (Å²) in [5.74, 6) is 4.46. The van der Waals surface area contributed by atoms with E-state index in [4.69, 9.17) is 14.2 Å². The number of pyridine rings is 1. The molecule has 0 N–H and O–H groups in total. The van der Waals surface area contributed by atoms with Crippen LogP contribution in [0.25, 0.3) is 11.1 Å². The number of fused-ring (bicyclic) bond motifs is 1. The Balaban J connectivity index is 0.000000328. The van der Waals surface area contributed by atoms with Crippen molar-refractivity contribution in [2.24, 2.45) is 0 Å². The van der Waals surface area contributed by atoms with Gasteiger partial charge in [0.25, 0.3) is 0 Å². The van der Waals surface area contributed by atoms with Gasteiger partial charge in [-0.05, 0) is 53.3 Å². The largest absolute Gasteiger partial charge is 0.486 e. The second-order valence-corrected chi connectivity index (χ2v) is 11.6. The summed E-state index contributed by atoms with van der Waals surface area (Å²) in [5.41, 5.74) is 23.7. The molecule has 9 nitrogen and oxygen atoms in total. The Kier molecular flexibility index (Phi) is 12.6. The van der Waals surface area contributed by atoms with E-state index in [0.29, 0.717) is 30.3 Å². The fraction of sp³-hybridized carbons (Fsp3) is 0.235. The van der Waals surface area contributed by atoms with Crippen LogP contribution in [0.5, 0.6) is 17.4 Å². The molecule has 4 heterocycles. The van der Waals surface area contributed by atoms with Crippen molar-refractivity contribution in [3.8, 4) is 34.6 Å². The van der Waals surface area contributed by atoms with E-state index < -0.39 is 10.8 Å². The first-order valence-corrected chi connectivity index (χ1v) is 15.8. The van der Waals surface area contributed by atoms with E-state index in [1.54, 1.807) is 12.3 Å². The number of nitrogens with zero attached hydrogens (tertiary/aromatic N) is 4. The summed E-state index contributed by atoms with van der Waals surface area (Å²) in [7, 11) is -0.684. The summed E-state index contributed by atoms with van der Waals surface area (Å²) in [6.07, 6.45) is 1.63.